The number of hydrogen-bond donors (Lipinski definition) is 0. The summed E-state index contributed by atoms with van der Waals surface area (Å²) in [5.74, 6) is 0. The van der Waals surface area contributed by atoms with E-state index in [1.54, 1.807) is 0 Å². The molecule has 0 aromatic carbocycles. The number of hydrogen-bond acceptors (Lipinski definition) is 1. The van der Waals surface area contributed by atoms with Crippen molar-refractivity contribution in [2.75, 3.05) is 12.8 Å². The van der Waals surface area contributed by atoms with Gasteiger partial charge in [-0.05, 0) is 32.5 Å². The molecule has 1 unspecified atom stereocenters. The molecule has 0 aliphatic heterocycles. The van der Waals surface area contributed by atoms with Crippen LogP contribution in [0.5, 0.6) is 0 Å². The summed E-state index contributed by atoms with van der Waals surface area (Å²) >= 11 is 0. The molecule has 0 rings (SSSR count). The normalized spacial score (nSPS) is 11.6. The Labute approximate surface area is 66.0 Å². The molecule has 0 amide bonds. The first kappa shape index (κ1) is 10.1. The van der Waals surface area contributed by atoms with E-state index in [2.05, 4.69) is 15.8 Å². The number of ether oxygens (including phenoxy) is 1. The SMILES string of the molecule is C=C(CP)COC(C)(C)C. The molecule has 0 spiro atoms. The zero-order valence-corrected chi connectivity index (χ0v) is 8.26. The Balaban J connectivity index is 3.46. The summed E-state index contributed by atoms with van der Waals surface area (Å²) in [5.41, 5.74) is 1.09. The Morgan fingerprint density at radius 3 is 2.30 bits per heavy atom. The molecular weight excluding hydrogens is 143 g/mol. The highest BCUT2D eigenvalue weighted by molar-refractivity contribution is 7.16. The second kappa shape index (κ2) is 4.10. The van der Waals surface area contributed by atoms with Crippen LogP contribution in [0.3, 0.4) is 0 Å². The van der Waals surface area contributed by atoms with E-state index < -0.39 is 0 Å². The molecule has 0 saturated carbocycles. The van der Waals surface area contributed by atoms with Gasteiger partial charge >= 0.3 is 0 Å². The van der Waals surface area contributed by atoms with E-state index in [1.807, 2.05) is 20.8 Å². The average Bonchev–Trinajstić information content (AvgIpc) is 1.81. The van der Waals surface area contributed by atoms with Crippen molar-refractivity contribution in [3.05, 3.63) is 12.2 Å². The van der Waals surface area contributed by atoms with Crippen LogP contribution in [0, 0.1) is 0 Å². The molecule has 10 heavy (non-hydrogen) atoms. The van der Waals surface area contributed by atoms with Crippen molar-refractivity contribution in [1.82, 2.24) is 0 Å². The molecular formula is C8H17OP. The van der Waals surface area contributed by atoms with Crippen molar-refractivity contribution in [3.63, 3.8) is 0 Å². The third-order valence-corrected chi connectivity index (χ3v) is 1.58. The van der Waals surface area contributed by atoms with Crippen molar-refractivity contribution in [1.29, 1.82) is 0 Å². The van der Waals surface area contributed by atoms with E-state index in [-0.39, 0.29) is 5.60 Å². The van der Waals surface area contributed by atoms with Crippen molar-refractivity contribution in [2.45, 2.75) is 26.4 Å². The molecule has 60 valence electrons. The average molecular weight is 160 g/mol. The van der Waals surface area contributed by atoms with E-state index in [0.29, 0.717) is 6.61 Å². The zero-order valence-electron chi connectivity index (χ0n) is 7.11. The maximum Gasteiger partial charge on any atom is 0.0684 e. The van der Waals surface area contributed by atoms with Crippen molar-refractivity contribution in [2.24, 2.45) is 0 Å². The lowest BCUT2D eigenvalue weighted by atomic mass is 10.2. The van der Waals surface area contributed by atoms with Crippen LogP contribution >= 0.6 is 9.24 Å². The van der Waals surface area contributed by atoms with Crippen LogP contribution in [0.1, 0.15) is 20.8 Å². The van der Waals surface area contributed by atoms with Gasteiger partial charge in [0.1, 0.15) is 0 Å². The van der Waals surface area contributed by atoms with Crippen molar-refractivity contribution >= 4 is 9.24 Å². The summed E-state index contributed by atoms with van der Waals surface area (Å²) in [6.07, 6.45) is 0.927. The largest absolute Gasteiger partial charge is 0.372 e. The van der Waals surface area contributed by atoms with Gasteiger partial charge in [-0.1, -0.05) is 6.58 Å². The molecule has 0 aliphatic carbocycles. The standard InChI is InChI=1S/C8H17OP/c1-7(6-10)5-9-8(2,3)4/h1,5-6,10H2,2-4H3. The molecule has 1 atom stereocenters. The van der Waals surface area contributed by atoms with Crippen LogP contribution in [-0.4, -0.2) is 18.4 Å². The highest BCUT2D eigenvalue weighted by atomic mass is 31.0. The lowest BCUT2D eigenvalue weighted by molar-refractivity contribution is 0.0115. The topological polar surface area (TPSA) is 9.23 Å². The van der Waals surface area contributed by atoms with Crippen LogP contribution in [-0.2, 0) is 4.74 Å². The van der Waals surface area contributed by atoms with Crippen LogP contribution < -0.4 is 0 Å². The van der Waals surface area contributed by atoms with Crippen LogP contribution in [0.4, 0.5) is 0 Å². The maximum absolute atomic E-state index is 5.47. The molecule has 0 N–H and O–H groups in total. The van der Waals surface area contributed by atoms with Crippen molar-refractivity contribution in [3.8, 4) is 0 Å². The smallest absolute Gasteiger partial charge is 0.0684 e. The summed E-state index contributed by atoms with van der Waals surface area (Å²) in [5, 5.41) is 0. The van der Waals surface area contributed by atoms with Gasteiger partial charge in [-0.2, -0.15) is 0 Å². The third-order valence-electron chi connectivity index (χ3n) is 0.998. The molecule has 2 heteroatoms. The molecule has 1 nitrogen and oxygen atoms in total. The summed E-state index contributed by atoms with van der Waals surface area (Å²) in [4.78, 5) is 0. The van der Waals surface area contributed by atoms with Gasteiger partial charge in [-0.15, -0.1) is 9.24 Å². The first-order valence-corrected chi connectivity index (χ1v) is 4.28. The van der Waals surface area contributed by atoms with Crippen LogP contribution in [0.15, 0.2) is 12.2 Å². The lowest BCUT2D eigenvalue weighted by Crippen LogP contribution is -2.20. The fourth-order valence-corrected chi connectivity index (χ4v) is 0.495. The summed E-state index contributed by atoms with van der Waals surface area (Å²) in [7, 11) is 2.63. The van der Waals surface area contributed by atoms with Gasteiger partial charge in [0, 0.05) is 0 Å². The molecule has 0 radical (unpaired) electrons. The van der Waals surface area contributed by atoms with E-state index in [1.165, 1.54) is 0 Å². The fourth-order valence-electron chi connectivity index (χ4n) is 0.377. The summed E-state index contributed by atoms with van der Waals surface area (Å²) in [6, 6.07) is 0. The Hall–Kier alpha value is 0.130. The van der Waals surface area contributed by atoms with Gasteiger partial charge in [0.25, 0.3) is 0 Å². The Morgan fingerprint density at radius 1 is 1.50 bits per heavy atom. The minimum Gasteiger partial charge on any atom is -0.372 e. The molecule has 0 aliphatic rings. The van der Waals surface area contributed by atoms with Crippen LogP contribution in [0.25, 0.3) is 0 Å². The van der Waals surface area contributed by atoms with Gasteiger partial charge in [-0.3, -0.25) is 0 Å². The Morgan fingerprint density at radius 2 is 2.00 bits per heavy atom. The minimum absolute atomic E-state index is 0.0389. The molecule has 0 saturated heterocycles. The third kappa shape index (κ3) is 6.25. The first-order valence-electron chi connectivity index (χ1n) is 3.46. The van der Waals surface area contributed by atoms with E-state index in [0.717, 1.165) is 11.7 Å². The van der Waals surface area contributed by atoms with Crippen molar-refractivity contribution < 1.29 is 4.74 Å². The minimum atomic E-state index is -0.0389. The van der Waals surface area contributed by atoms with Gasteiger partial charge in [-0.25, -0.2) is 0 Å². The number of rotatable bonds is 3. The predicted molar refractivity (Wildman–Crippen MR) is 49.4 cm³/mol. The molecule has 0 aromatic heterocycles. The molecule has 0 aromatic rings. The van der Waals surface area contributed by atoms with Crippen LogP contribution in [0.2, 0.25) is 0 Å². The quantitative estimate of drug-likeness (QED) is 0.454. The summed E-state index contributed by atoms with van der Waals surface area (Å²) in [6.45, 7) is 10.6. The molecule has 0 bridgehead atoms. The predicted octanol–water partition coefficient (Wildman–Crippen LogP) is 2.23. The highest BCUT2D eigenvalue weighted by Crippen LogP contribution is 2.09. The monoisotopic (exact) mass is 160 g/mol. The fraction of sp³-hybridized carbons (Fsp3) is 0.750. The van der Waals surface area contributed by atoms with Gasteiger partial charge in [0.15, 0.2) is 0 Å². The highest BCUT2D eigenvalue weighted by Gasteiger charge is 2.09. The second-order valence-corrected chi connectivity index (χ2v) is 3.76. The van der Waals surface area contributed by atoms with E-state index in [4.69, 9.17) is 4.74 Å². The van der Waals surface area contributed by atoms with E-state index >= 15 is 0 Å². The lowest BCUT2D eigenvalue weighted by Gasteiger charge is -2.19. The van der Waals surface area contributed by atoms with Gasteiger partial charge in [0.2, 0.25) is 0 Å². The van der Waals surface area contributed by atoms with E-state index in [9.17, 15) is 0 Å². The Bertz CT molecular complexity index is 113. The van der Waals surface area contributed by atoms with Gasteiger partial charge < -0.3 is 4.74 Å². The first-order chi connectivity index (χ1) is 4.45. The second-order valence-electron chi connectivity index (χ2n) is 3.36. The molecule has 0 fully saturated rings. The van der Waals surface area contributed by atoms with Gasteiger partial charge in [0.05, 0.1) is 12.2 Å². The summed E-state index contributed by atoms with van der Waals surface area (Å²) < 4.78 is 5.47. The zero-order chi connectivity index (χ0) is 8.20. The molecule has 0 heterocycles. The maximum atomic E-state index is 5.47. The Kier molecular flexibility index (Phi) is 4.15.